The monoisotopic (exact) mass is 455 g/mol. The molecule has 0 saturated heterocycles. The van der Waals surface area contributed by atoms with Crippen molar-refractivity contribution in [2.75, 3.05) is 5.33 Å². The summed E-state index contributed by atoms with van der Waals surface area (Å²) in [6.45, 7) is 0. The summed E-state index contributed by atoms with van der Waals surface area (Å²) < 4.78 is 65.2. The molecule has 2 rings (SSSR count). The Kier molecular flexibility index (Phi) is 7.97. The van der Waals surface area contributed by atoms with Gasteiger partial charge in [0.2, 0.25) is 10.0 Å². The van der Waals surface area contributed by atoms with Crippen LogP contribution in [0.3, 0.4) is 0 Å². The van der Waals surface area contributed by atoms with Crippen molar-refractivity contribution in [2.24, 2.45) is 5.92 Å². The van der Waals surface area contributed by atoms with E-state index in [0.29, 0.717) is 5.92 Å². The number of benzene rings is 1. The van der Waals surface area contributed by atoms with Gasteiger partial charge in [-0.05, 0) is 62.3 Å². The Morgan fingerprint density at radius 3 is 2.15 bits per heavy atom. The molecule has 8 heteroatoms. The van der Waals surface area contributed by atoms with Gasteiger partial charge in [0, 0.05) is 11.4 Å². The Morgan fingerprint density at radius 1 is 1.00 bits per heavy atom. The van der Waals surface area contributed by atoms with E-state index in [1.54, 1.807) is 0 Å². The molecular formula is C18H25BrF3NO2S. The number of rotatable bonds is 8. The third kappa shape index (κ3) is 6.53. The van der Waals surface area contributed by atoms with Crippen molar-refractivity contribution in [1.29, 1.82) is 0 Å². The molecule has 0 spiro atoms. The van der Waals surface area contributed by atoms with Crippen molar-refractivity contribution in [3.8, 4) is 0 Å². The Bertz CT molecular complexity index is 654. The molecule has 1 aliphatic carbocycles. The van der Waals surface area contributed by atoms with Crippen molar-refractivity contribution in [3.05, 3.63) is 29.8 Å². The highest BCUT2D eigenvalue weighted by molar-refractivity contribution is 9.09. The highest BCUT2D eigenvalue weighted by Crippen LogP contribution is 2.31. The van der Waals surface area contributed by atoms with Crippen molar-refractivity contribution in [3.63, 3.8) is 0 Å². The molecule has 0 atom stereocenters. The summed E-state index contributed by atoms with van der Waals surface area (Å²) in [5.41, 5.74) is -0.850. The first kappa shape index (κ1) is 21.7. The van der Waals surface area contributed by atoms with E-state index in [2.05, 4.69) is 20.7 Å². The van der Waals surface area contributed by atoms with E-state index in [1.165, 1.54) is 25.7 Å². The van der Waals surface area contributed by atoms with E-state index >= 15 is 0 Å². The highest BCUT2D eigenvalue weighted by atomic mass is 79.9. The SMILES string of the molecule is O=S(=O)(N[C@H]1CC[C@H](CCCCCBr)CC1)c1ccc(C(F)(F)F)cc1. The molecule has 1 aliphatic rings. The van der Waals surface area contributed by atoms with E-state index in [-0.39, 0.29) is 10.9 Å². The third-order valence-electron chi connectivity index (χ3n) is 4.91. The predicted molar refractivity (Wildman–Crippen MR) is 99.8 cm³/mol. The summed E-state index contributed by atoms with van der Waals surface area (Å²) in [6.07, 6.45) is 3.87. The van der Waals surface area contributed by atoms with Crippen LogP contribution < -0.4 is 4.72 Å². The fourth-order valence-corrected chi connectivity index (χ4v) is 5.09. The Balaban J connectivity index is 1.85. The average Bonchev–Trinajstić information content (AvgIpc) is 2.59. The van der Waals surface area contributed by atoms with Crippen molar-refractivity contribution >= 4 is 26.0 Å². The molecule has 26 heavy (non-hydrogen) atoms. The number of hydrogen-bond acceptors (Lipinski definition) is 2. The standard InChI is InChI=1S/C18H25BrF3NO2S/c19-13-3-1-2-4-14-5-9-16(10-6-14)23-26(24,25)17-11-7-15(8-12-17)18(20,21)22/h7-8,11-12,14,16,23H,1-6,9-10,13H2/t14-,16-. The van der Waals surface area contributed by atoms with Crippen LogP contribution in [-0.2, 0) is 16.2 Å². The maximum absolute atomic E-state index is 12.6. The molecule has 0 bridgehead atoms. The number of hydrogen-bond donors (Lipinski definition) is 1. The number of alkyl halides is 4. The van der Waals surface area contributed by atoms with Crippen molar-refractivity contribution < 1.29 is 21.6 Å². The van der Waals surface area contributed by atoms with Gasteiger partial charge in [-0.25, -0.2) is 13.1 Å². The lowest BCUT2D eigenvalue weighted by atomic mass is 9.83. The van der Waals surface area contributed by atoms with E-state index in [1.807, 2.05) is 0 Å². The van der Waals surface area contributed by atoms with Crippen LogP contribution in [0.1, 0.15) is 56.9 Å². The summed E-state index contributed by atoms with van der Waals surface area (Å²) >= 11 is 3.42. The largest absolute Gasteiger partial charge is 0.416 e. The maximum Gasteiger partial charge on any atom is 0.416 e. The number of nitrogens with one attached hydrogen (secondary N) is 1. The molecule has 1 aromatic rings. The van der Waals surface area contributed by atoms with E-state index in [4.69, 9.17) is 0 Å². The lowest BCUT2D eigenvalue weighted by Crippen LogP contribution is -2.37. The molecule has 1 fully saturated rings. The van der Waals surface area contributed by atoms with E-state index < -0.39 is 21.8 Å². The van der Waals surface area contributed by atoms with Gasteiger partial charge in [0.15, 0.2) is 0 Å². The zero-order valence-corrected chi connectivity index (χ0v) is 17.0. The van der Waals surface area contributed by atoms with Crippen LogP contribution in [0, 0.1) is 5.92 Å². The minimum absolute atomic E-state index is 0.123. The third-order valence-corrected chi connectivity index (χ3v) is 7.00. The van der Waals surface area contributed by atoms with Gasteiger partial charge < -0.3 is 0 Å². The second-order valence-electron chi connectivity index (χ2n) is 6.90. The van der Waals surface area contributed by atoms with Crippen LogP contribution >= 0.6 is 15.9 Å². The molecular weight excluding hydrogens is 431 g/mol. The molecule has 0 unspecified atom stereocenters. The molecule has 3 nitrogen and oxygen atoms in total. The second kappa shape index (κ2) is 9.55. The number of unbranched alkanes of at least 4 members (excludes halogenated alkanes) is 2. The van der Waals surface area contributed by atoms with Crippen LogP contribution in [0.15, 0.2) is 29.2 Å². The summed E-state index contributed by atoms with van der Waals surface area (Å²) in [5, 5.41) is 1.03. The molecule has 0 aliphatic heterocycles. The van der Waals surface area contributed by atoms with Crippen LogP contribution in [-0.4, -0.2) is 19.8 Å². The van der Waals surface area contributed by atoms with Crippen molar-refractivity contribution in [1.82, 2.24) is 4.72 Å². The predicted octanol–water partition coefficient (Wildman–Crippen LogP) is 5.50. The van der Waals surface area contributed by atoms with Crippen LogP contribution in [0.25, 0.3) is 0 Å². The van der Waals surface area contributed by atoms with Gasteiger partial charge in [-0.15, -0.1) is 0 Å². The second-order valence-corrected chi connectivity index (χ2v) is 9.41. The summed E-state index contributed by atoms with van der Waals surface area (Å²) in [6, 6.07) is 3.50. The van der Waals surface area contributed by atoms with Crippen LogP contribution in [0.2, 0.25) is 0 Å². The van der Waals surface area contributed by atoms with Gasteiger partial charge in [0.05, 0.1) is 10.5 Å². The summed E-state index contributed by atoms with van der Waals surface area (Å²) in [5.74, 6) is 0.650. The Hall–Kier alpha value is -0.600. The first-order valence-electron chi connectivity index (χ1n) is 8.98. The molecule has 0 amide bonds. The lowest BCUT2D eigenvalue weighted by molar-refractivity contribution is -0.137. The highest BCUT2D eigenvalue weighted by Gasteiger charge is 2.31. The number of sulfonamides is 1. The molecule has 1 saturated carbocycles. The van der Waals surface area contributed by atoms with Gasteiger partial charge in [-0.3, -0.25) is 0 Å². The van der Waals surface area contributed by atoms with Crippen molar-refractivity contribution in [2.45, 2.75) is 68.5 Å². The fourth-order valence-electron chi connectivity index (χ4n) is 3.38. The quantitative estimate of drug-likeness (QED) is 0.415. The van der Waals surface area contributed by atoms with Gasteiger partial charge in [-0.2, -0.15) is 13.2 Å². The smallest absolute Gasteiger partial charge is 0.208 e. The van der Waals surface area contributed by atoms with Gasteiger partial charge in [0.1, 0.15) is 0 Å². The Morgan fingerprint density at radius 2 is 1.62 bits per heavy atom. The maximum atomic E-state index is 12.6. The van der Waals surface area contributed by atoms with Gasteiger partial charge >= 0.3 is 6.18 Å². The number of halogens is 4. The minimum atomic E-state index is -4.47. The zero-order valence-electron chi connectivity index (χ0n) is 14.6. The summed E-state index contributed by atoms with van der Waals surface area (Å²) in [7, 11) is -3.79. The summed E-state index contributed by atoms with van der Waals surface area (Å²) in [4.78, 5) is -0.123. The van der Waals surface area contributed by atoms with E-state index in [9.17, 15) is 21.6 Å². The molecule has 148 valence electrons. The first-order chi connectivity index (χ1) is 12.2. The normalized spacial score (nSPS) is 21.7. The average molecular weight is 456 g/mol. The van der Waals surface area contributed by atoms with Gasteiger partial charge in [0.25, 0.3) is 0 Å². The zero-order chi connectivity index (χ0) is 19.2. The molecule has 1 N–H and O–H groups in total. The Labute approximate surface area is 161 Å². The molecule has 0 heterocycles. The molecule has 0 radical (unpaired) electrons. The van der Waals surface area contributed by atoms with E-state index in [0.717, 1.165) is 55.3 Å². The fraction of sp³-hybridized carbons (Fsp3) is 0.667. The van der Waals surface area contributed by atoms with Gasteiger partial charge in [-0.1, -0.05) is 35.2 Å². The first-order valence-corrected chi connectivity index (χ1v) is 11.6. The topological polar surface area (TPSA) is 46.2 Å². The van der Waals surface area contributed by atoms with Crippen LogP contribution in [0.4, 0.5) is 13.2 Å². The minimum Gasteiger partial charge on any atom is -0.208 e. The lowest BCUT2D eigenvalue weighted by Gasteiger charge is -2.29. The van der Waals surface area contributed by atoms with Crippen LogP contribution in [0.5, 0.6) is 0 Å². The molecule has 1 aromatic carbocycles. The molecule has 0 aromatic heterocycles.